The molecule has 3 aromatic carbocycles. The van der Waals surface area contributed by atoms with Crippen LogP contribution in [0.5, 0.6) is 0 Å². The van der Waals surface area contributed by atoms with Crippen LogP contribution in [0.15, 0.2) is 89.8 Å². The Labute approximate surface area is 196 Å². The van der Waals surface area contributed by atoms with Crippen molar-refractivity contribution in [3.05, 3.63) is 107 Å². The lowest BCUT2D eigenvalue weighted by molar-refractivity contribution is -0.123. The predicted octanol–water partition coefficient (Wildman–Crippen LogP) is 5.57. The van der Waals surface area contributed by atoms with E-state index in [9.17, 15) is 9.59 Å². The fourth-order valence-electron chi connectivity index (χ4n) is 4.17. The zero-order valence-corrected chi connectivity index (χ0v) is 19.0. The molecule has 1 saturated heterocycles. The highest BCUT2D eigenvalue weighted by Crippen LogP contribution is 2.46. The minimum Gasteiger partial charge on any atom is -0.303 e. The summed E-state index contributed by atoms with van der Waals surface area (Å²) in [7, 11) is 0. The Balaban J connectivity index is 1.55. The summed E-state index contributed by atoms with van der Waals surface area (Å²) in [6.07, 6.45) is 0. The van der Waals surface area contributed by atoms with Crippen LogP contribution in [0.1, 0.15) is 29.7 Å². The van der Waals surface area contributed by atoms with Crippen LogP contribution in [-0.2, 0) is 16.1 Å². The first-order valence-corrected chi connectivity index (χ1v) is 11.6. The Morgan fingerprint density at radius 1 is 0.844 bits per heavy atom. The topological polar surface area (TPSA) is 40.6 Å². The van der Waals surface area contributed by atoms with Crippen LogP contribution in [0.25, 0.3) is 5.57 Å². The highest BCUT2D eigenvalue weighted by atomic mass is 32.2. The molecule has 32 heavy (non-hydrogen) atoms. The molecule has 1 atom stereocenters. The molecule has 5 rings (SSSR count). The SMILES string of the molecule is C[C@H](c1ccccc1)N1C(=O)/C(=C2/C(=O)N(Cc3ccccc3)c3ccccc32)SC1=S. The molecular weight excluding hydrogens is 436 g/mol. The minimum atomic E-state index is -0.214. The first-order valence-electron chi connectivity index (χ1n) is 10.4. The number of carbonyl (C=O) groups excluding carboxylic acids is 2. The van der Waals surface area contributed by atoms with Gasteiger partial charge in [-0.15, -0.1) is 0 Å². The first kappa shape index (κ1) is 20.7. The summed E-state index contributed by atoms with van der Waals surface area (Å²) in [5.74, 6) is -0.376. The van der Waals surface area contributed by atoms with E-state index in [1.807, 2.05) is 91.9 Å². The van der Waals surface area contributed by atoms with Gasteiger partial charge in [-0.2, -0.15) is 0 Å². The molecule has 0 unspecified atom stereocenters. The fraction of sp³-hybridized carbons (Fsp3) is 0.115. The standard InChI is InChI=1S/C26H20N2O2S2/c1-17(19-12-6-3-7-13-19)28-25(30)23(32-26(28)31)22-20-14-8-9-15-21(20)27(24(22)29)16-18-10-4-2-5-11-18/h2-15,17H,16H2,1H3/b23-22-/t17-/m1/s1. The van der Waals surface area contributed by atoms with Gasteiger partial charge in [-0.1, -0.05) is 103 Å². The smallest absolute Gasteiger partial charge is 0.267 e. The van der Waals surface area contributed by atoms with Crippen LogP contribution >= 0.6 is 24.0 Å². The van der Waals surface area contributed by atoms with Crippen molar-refractivity contribution in [2.45, 2.75) is 19.5 Å². The number of thiocarbonyl (C=S) groups is 1. The lowest BCUT2D eigenvalue weighted by Gasteiger charge is -2.23. The Bertz CT molecular complexity index is 1260. The molecule has 2 heterocycles. The van der Waals surface area contributed by atoms with Crippen molar-refractivity contribution >= 4 is 51.4 Å². The summed E-state index contributed by atoms with van der Waals surface area (Å²) >= 11 is 6.80. The van der Waals surface area contributed by atoms with Crippen LogP contribution in [0.3, 0.4) is 0 Å². The molecule has 6 heteroatoms. The maximum Gasteiger partial charge on any atom is 0.267 e. The van der Waals surface area contributed by atoms with E-state index in [1.54, 1.807) is 9.80 Å². The van der Waals surface area contributed by atoms with Crippen molar-refractivity contribution < 1.29 is 9.59 Å². The summed E-state index contributed by atoms with van der Waals surface area (Å²) in [5.41, 5.74) is 4.07. The van der Waals surface area contributed by atoms with Gasteiger partial charge in [0.15, 0.2) is 0 Å². The molecular formula is C26H20N2O2S2. The number of thioether (sulfide) groups is 1. The number of anilines is 1. The Morgan fingerprint density at radius 2 is 1.47 bits per heavy atom. The number of carbonyl (C=O) groups is 2. The Hall–Kier alpha value is -3.22. The van der Waals surface area contributed by atoms with E-state index in [0.717, 1.165) is 22.4 Å². The van der Waals surface area contributed by atoms with E-state index in [-0.39, 0.29) is 17.9 Å². The quantitative estimate of drug-likeness (QED) is 0.380. The zero-order valence-electron chi connectivity index (χ0n) is 17.4. The molecule has 3 aromatic rings. The van der Waals surface area contributed by atoms with E-state index in [0.29, 0.717) is 21.3 Å². The summed E-state index contributed by atoms with van der Waals surface area (Å²) < 4.78 is 0.473. The third kappa shape index (κ3) is 3.45. The maximum absolute atomic E-state index is 13.6. The summed E-state index contributed by atoms with van der Waals surface area (Å²) in [6, 6.07) is 27.1. The van der Waals surface area contributed by atoms with Gasteiger partial charge in [0.25, 0.3) is 11.8 Å². The molecule has 158 valence electrons. The largest absolute Gasteiger partial charge is 0.303 e. The van der Waals surface area contributed by atoms with Gasteiger partial charge in [-0.3, -0.25) is 14.5 Å². The second-order valence-corrected chi connectivity index (χ2v) is 9.37. The molecule has 1 fully saturated rings. The molecule has 4 nitrogen and oxygen atoms in total. The molecule has 0 saturated carbocycles. The van der Waals surface area contributed by atoms with Crippen LogP contribution in [0, 0.1) is 0 Å². The normalized spacial score (nSPS) is 19.0. The number of hydrogen-bond donors (Lipinski definition) is 0. The van der Waals surface area contributed by atoms with Crippen LogP contribution < -0.4 is 4.90 Å². The molecule has 0 aromatic heterocycles. The molecule has 2 amide bonds. The maximum atomic E-state index is 13.6. The molecule has 0 bridgehead atoms. The molecule has 2 aliphatic heterocycles. The van der Waals surface area contributed by atoms with Gasteiger partial charge in [0, 0.05) is 5.56 Å². The number of hydrogen-bond acceptors (Lipinski definition) is 4. The predicted molar refractivity (Wildman–Crippen MR) is 133 cm³/mol. The average molecular weight is 457 g/mol. The Morgan fingerprint density at radius 3 is 2.19 bits per heavy atom. The third-order valence-corrected chi connectivity index (χ3v) is 7.20. The van der Waals surface area contributed by atoms with Crippen molar-refractivity contribution in [2.24, 2.45) is 0 Å². The second-order valence-electron chi connectivity index (χ2n) is 7.73. The van der Waals surface area contributed by atoms with E-state index in [4.69, 9.17) is 12.2 Å². The van der Waals surface area contributed by atoms with Crippen LogP contribution in [-0.4, -0.2) is 21.0 Å². The summed E-state index contributed by atoms with van der Waals surface area (Å²) in [4.78, 5) is 30.9. The van der Waals surface area contributed by atoms with Crippen molar-refractivity contribution in [2.75, 3.05) is 4.90 Å². The minimum absolute atomic E-state index is 0.164. The highest BCUT2D eigenvalue weighted by Gasteiger charge is 2.43. The molecule has 0 spiro atoms. The third-order valence-electron chi connectivity index (χ3n) is 5.80. The van der Waals surface area contributed by atoms with Crippen molar-refractivity contribution in [1.82, 2.24) is 4.90 Å². The van der Waals surface area contributed by atoms with Gasteiger partial charge < -0.3 is 4.90 Å². The molecule has 2 aliphatic rings. The van der Waals surface area contributed by atoms with Gasteiger partial charge >= 0.3 is 0 Å². The average Bonchev–Trinajstić information content (AvgIpc) is 3.26. The van der Waals surface area contributed by atoms with Gasteiger partial charge in [-0.05, 0) is 24.1 Å². The molecule has 0 radical (unpaired) electrons. The summed E-state index contributed by atoms with van der Waals surface area (Å²) in [6.45, 7) is 2.40. The van der Waals surface area contributed by atoms with Crippen molar-refractivity contribution in [3.8, 4) is 0 Å². The second kappa shape index (κ2) is 8.37. The monoisotopic (exact) mass is 456 g/mol. The van der Waals surface area contributed by atoms with Crippen LogP contribution in [0.4, 0.5) is 5.69 Å². The van der Waals surface area contributed by atoms with E-state index in [2.05, 4.69) is 0 Å². The van der Waals surface area contributed by atoms with E-state index >= 15 is 0 Å². The van der Waals surface area contributed by atoms with Gasteiger partial charge in [0.05, 0.1) is 28.8 Å². The van der Waals surface area contributed by atoms with Gasteiger partial charge in [0.1, 0.15) is 4.32 Å². The summed E-state index contributed by atoms with van der Waals surface area (Å²) in [5, 5.41) is 0. The first-order chi connectivity index (χ1) is 15.6. The lowest BCUT2D eigenvalue weighted by atomic mass is 10.1. The number of benzene rings is 3. The zero-order chi connectivity index (χ0) is 22.2. The number of amides is 2. The number of nitrogens with zero attached hydrogens (tertiary/aromatic N) is 2. The molecule has 0 N–H and O–H groups in total. The number of para-hydroxylation sites is 1. The fourth-order valence-corrected chi connectivity index (χ4v) is 5.66. The van der Waals surface area contributed by atoms with E-state index in [1.165, 1.54) is 11.8 Å². The van der Waals surface area contributed by atoms with Gasteiger partial charge in [0.2, 0.25) is 0 Å². The lowest BCUT2D eigenvalue weighted by Crippen LogP contribution is -2.31. The number of fused-ring (bicyclic) bond motifs is 1. The number of rotatable bonds is 4. The Kier molecular flexibility index (Phi) is 5.41. The van der Waals surface area contributed by atoms with Gasteiger partial charge in [-0.25, -0.2) is 0 Å². The molecule has 0 aliphatic carbocycles. The van der Waals surface area contributed by atoms with Crippen molar-refractivity contribution in [3.63, 3.8) is 0 Å². The van der Waals surface area contributed by atoms with Crippen LogP contribution in [0.2, 0.25) is 0 Å². The van der Waals surface area contributed by atoms with E-state index < -0.39 is 0 Å². The highest BCUT2D eigenvalue weighted by molar-refractivity contribution is 8.26. The van der Waals surface area contributed by atoms with Crippen molar-refractivity contribution in [1.29, 1.82) is 0 Å².